The first-order valence-electron chi connectivity index (χ1n) is 7.22. The molecule has 1 rings (SSSR count). The van der Waals surface area contributed by atoms with E-state index in [1.807, 2.05) is 0 Å². The van der Waals surface area contributed by atoms with E-state index in [1.54, 1.807) is 0 Å². The summed E-state index contributed by atoms with van der Waals surface area (Å²) in [5.41, 5.74) is 0.172. The van der Waals surface area contributed by atoms with Crippen LogP contribution in [0, 0.1) is 11.8 Å². The number of esters is 1. The minimum atomic E-state index is -4.07. The number of rotatable bonds is 7. The van der Waals surface area contributed by atoms with Gasteiger partial charge in [-0.3, -0.25) is 4.57 Å². The third-order valence-corrected chi connectivity index (χ3v) is 4.54. The highest BCUT2D eigenvalue weighted by Crippen LogP contribution is 2.33. The average molecular weight is 320 g/mol. The van der Waals surface area contributed by atoms with Crippen molar-refractivity contribution in [3.63, 3.8) is 0 Å². The Balaban J connectivity index is 2.34. The lowest BCUT2D eigenvalue weighted by Gasteiger charge is -2.34. The molecule has 2 atom stereocenters. The zero-order chi connectivity index (χ0) is 16.0. The van der Waals surface area contributed by atoms with Gasteiger partial charge in [-0.2, -0.15) is 0 Å². The molecule has 0 aromatic carbocycles. The van der Waals surface area contributed by atoms with Crippen LogP contribution in [0.15, 0.2) is 12.2 Å². The lowest BCUT2D eigenvalue weighted by Crippen LogP contribution is -2.35. The second-order valence-corrected chi connectivity index (χ2v) is 7.58. The van der Waals surface area contributed by atoms with Crippen LogP contribution in [0.5, 0.6) is 0 Å². The average Bonchev–Trinajstić information content (AvgIpc) is 2.37. The molecule has 0 heterocycles. The lowest BCUT2D eigenvalue weighted by molar-refractivity contribution is -0.152. The van der Waals surface area contributed by atoms with Gasteiger partial charge in [0, 0.05) is 0 Å². The van der Waals surface area contributed by atoms with Crippen LogP contribution in [0.25, 0.3) is 0 Å². The van der Waals surface area contributed by atoms with Gasteiger partial charge in [-0.15, -0.1) is 0 Å². The van der Waals surface area contributed by atoms with Crippen LogP contribution >= 0.6 is 7.60 Å². The Morgan fingerprint density at radius 2 is 1.86 bits per heavy atom. The van der Waals surface area contributed by atoms with Crippen LogP contribution in [0.2, 0.25) is 0 Å². The van der Waals surface area contributed by atoms with Crippen molar-refractivity contribution in [2.75, 3.05) is 19.4 Å². The van der Waals surface area contributed by atoms with Gasteiger partial charge >= 0.3 is 13.6 Å². The fourth-order valence-electron chi connectivity index (χ4n) is 2.53. The summed E-state index contributed by atoms with van der Waals surface area (Å²) in [5, 5.41) is 0. The number of carbonyl (C=O) groups excluding carboxylic acids is 1. The van der Waals surface area contributed by atoms with E-state index in [2.05, 4.69) is 20.4 Å². The van der Waals surface area contributed by atoms with E-state index in [-0.39, 0.29) is 31.1 Å². The minimum absolute atomic E-state index is 0.0751. The van der Waals surface area contributed by atoms with Crippen molar-refractivity contribution in [1.82, 2.24) is 0 Å². The van der Waals surface area contributed by atoms with E-state index >= 15 is 0 Å². The van der Waals surface area contributed by atoms with Gasteiger partial charge in [0.05, 0.1) is 24.9 Å². The fourth-order valence-corrected chi connectivity index (χ4v) is 2.90. The normalized spacial score (nSPS) is 26.4. The maximum absolute atomic E-state index is 11.9. The molecule has 1 aliphatic carbocycles. The SMILES string of the molecule is C=C(COCCP(=O)(O)O)C(=O)OC1C(C)CCCC1C. The van der Waals surface area contributed by atoms with E-state index in [4.69, 9.17) is 19.3 Å². The fraction of sp³-hybridized carbons (Fsp3) is 0.786. The van der Waals surface area contributed by atoms with Crippen molar-refractivity contribution in [2.45, 2.75) is 39.2 Å². The number of hydrogen-bond donors (Lipinski definition) is 2. The highest BCUT2D eigenvalue weighted by molar-refractivity contribution is 7.51. The molecule has 1 aliphatic rings. The Kier molecular flexibility index (Phi) is 7.07. The molecule has 0 aliphatic heterocycles. The van der Waals surface area contributed by atoms with Crippen LogP contribution < -0.4 is 0 Å². The van der Waals surface area contributed by atoms with Gasteiger partial charge in [0.2, 0.25) is 0 Å². The van der Waals surface area contributed by atoms with Gasteiger partial charge < -0.3 is 19.3 Å². The molecule has 7 heteroatoms. The second kappa shape index (κ2) is 8.08. The molecule has 0 amide bonds. The van der Waals surface area contributed by atoms with Crippen LogP contribution in [-0.4, -0.2) is 41.2 Å². The Labute approximate surface area is 125 Å². The van der Waals surface area contributed by atoms with E-state index in [9.17, 15) is 9.36 Å². The number of carbonyl (C=O) groups is 1. The molecule has 2 unspecified atom stereocenters. The van der Waals surface area contributed by atoms with Crippen LogP contribution in [0.1, 0.15) is 33.1 Å². The van der Waals surface area contributed by atoms with Gasteiger partial charge in [0.25, 0.3) is 0 Å². The van der Waals surface area contributed by atoms with Crippen molar-refractivity contribution >= 4 is 13.6 Å². The molecule has 0 aromatic rings. The standard InChI is InChI=1S/C14H25O6P/c1-10-5-4-6-11(2)13(10)20-14(15)12(3)9-19-7-8-21(16,17)18/h10-11,13H,3-9H2,1-2H3,(H2,16,17,18). The van der Waals surface area contributed by atoms with Gasteiger partial charge in [-0.05, 0) is 24.7 Å². The zero-order valence-corrected chi connectivity index (χ0v) is 13.6. The van der Waals surface area contributed by atoms with Gasteiger partial charge in [0.1, 0.15) is 6.10 Å². The molecule has 0 radical (unpaired) electrons. The summed E-state index contributed by atoms with van der Waals surface area (Å²) >= 11 is 0. The van der Waals surface area contributed by atoms with Crippen molar-refractivity contribution < 1.29 is 28.6 Å². The maximum atomic E-state index is 11.9. The van der Waals surface area contributed by atoms with E-state index in [0.717, 1.165) is 19.3 Å². The molecule has 21 heavy (non-hydrogen) atoms. The molecule has 1 saturated carbocycles. The molecule has 2 N–H and O–H groups in total. The smallest absolute Gasteiger partial charge is 0.336 e. The van der Waals surface area contributed by atoms with Gasteiger partial charge in [0.15, 0.2) is 0 Å². The molecule has 6 nitrogen and oxygen atoms in total. The summed E-state index contributed by atoms with van der Waals surface area (Å²) < 4.78 is 21.2. The predicted octanol–water partition coefficient (Wildman–Crippen LogP) is 2.10. The first kappa shape index (κ1) is 18.4. The quantitative estimate of drug-likeness (QED) is 0.323. The van der Waals surface area contributed by atoms with Crippen LogP contribution in [0.4, 0.5) is 0 Å². The molecular weight excluding hydrogens is 295 g/mol. The lowest BCUT2D eigenvalue weighted by atomic mass is 9.80. The molecular formula is C14H25O6P. The molecule has 0 saturated heterocycles. The van der Waals surface area contributed by atoms with Crippen molar-refractivity contribution in [3.05, 3.63) is 12.2 Å². The largest absolute Gasteiger partial charge is 0.458 e. The molecule has 1 fully saturated rings. The van der Waals surface area contributed by atoms with Crippen LogP contribution in [0.3, 0.4) is 0 Å². The highest BCUT2D eigenvalue weighted by Gasteiger charge is 2.31. The zero-order valence-electron chi connectivity index (χ0n) is 12.7. The Hall–Kier alpha value is -0.680. The predicted molar refractivity (Wildman–Crippen MR) is 78.9 cm³/mol. The van der Waals surface area contributed by atoms with Gasteiger partial charge in [-0.1, -0.05) is 26.8 Å². The monoisotopic (exact) mass is 320 g/mol. The van der Waals surface area contributed by atoms with E-state index in [1.165, 1.54) is 0 Å². The minimum Gasteiger partial charge on any atom is -0.458 e. The third kappa shape index (κ3) is 6.74. The Bertz CT molecular complexity index is 406. The molecule has 122 valence electrons. The van der Waals surface area contributed by atoms with Gasteiger partial charge in [-0.25, -0.2) is 4.79 Å². The van der Waals surface area contributed by atoms with Crippen LogP contribution in [-0.2, 0) is 18.8 Å². The summed E-state index contributed by atoms with van der Waals surface area (Å²) in [6.07, 6.45) is 2.79. The summed E-state index contributed by atoms with van der Waals surface area (Å²) in [5.74, 6) is 0.180. The summed E-state index contributed by atoms with van der Waals surface area (Å²) in [7, 11) is -4.07. The van der Waals surface area contributed by atoms with E-state index < -0.39 is 13.6 Å². The summed E-state index contributed by atoms with van der Waals surface area (Å²) in [6.45, 7) is 7.57. The first-order valence-corrected chi connectivity index (χ1v) is 9.01. The van der Waals surface area contributed by atoms with Crippen molar-refractivity contribution in [3.8, 4) is 0 Å². The second-order valence-electron chi connectivity index (χ2n) is 5.80. The first-order chi connectivity index (χ1) is 9.70. The molecule has 0 bridgehead atoms. The topological polar surface area (TPSA) is 93.1 Å². The molecule has 0 aromatic heterocycles. The number of ether oxygens (including phenoxy) is 2. The highest BCUT2D eigenvalue weighted by atomic mass is 31.2. The Morgan fingerprint density at radius 1 is 1.29 bits per heavy atom. The summed E-state index contributed by atoms with van der Waals surface area (Å²) in [4.78, 5) is 29.3. The number of hydrogen-bond acceptors (Lipinski definition) is 4. The van der Waals surface area contributed by atoms with Crippen molar-refractivity contribution in [2.24, 2.45) is 11.8 Å². The third-order valence-electron chi connectivity index (χ3n) is 3.78. The molecule has 0 spiro atoms. The van der Waals surface area contributed by atoms with Crippen molar-refractivity contribution in [1.29, 1.82) is 0 Å². The maximum Gasteiger partial charge on any atom is 0.336 e. The summed E-state index contributed by atoms with van der Waals surface area (Å²) in [6, 6.07) is 0. The van der Waals surface area contributed by atoms with E-state index in [0.29, 0.717) is 11.8 Å². The Morgan fingerprint density at radius 3 is 2.38 bits per heavy atom.